The van der Waals surface area contributed by atoms with Gasteiger partial charge in [-0.3, -0.25) is 0 Å². The average molecular weight is 365 g/mol. The Morgan fingerprint density at radius 3 is 2.38 bits per heavy atom. The topological polar surface area (TPSA) is 43.4 Å². The van der Waals surface area contributed by atoms with E-state index in [1.807, 2.05) is 36.4 Å². The van der Waals surface area contributed by atoms with E-state index in [0.717, 1.165) is 25.5 Å². The smallest absolute Gasteiger partial charge is 0.188 e. The van der Waals surface area contributed by atoms with Crippen molar-refractivity contribution < 1.29 is 9.47 Å². The third-order valence-corrected chi connectivity index (χ3v) is 4.45. The number of aromatic nitrogens is 1. The Bertz CT molecular complexity index is 730. The molecule has 0 fully saturated rings. The first kappa shape index (κ1) is 14.2. The highest BCUT2D eigenvalue weighted by atomic mass is 79.9. The van der Waals surface area contributed by atoms with Gasteiger partial charge >= 0.3 is 0 Å². The molecule has 1 aromatic heterocycles. The number of halogens is 1. The molecule has 1 N–H and O–H groups in total. The first-order valence-electron chi connectivity index (χ1n) is 6.25. The third-order valence-electron chi connectivity index (χ3n) is 2.99. The summed E-state index contributed by atoms with van der Waals surface area (Å²) in [4.78, 5) is 4.57. The molecule has 0 aliphatic carbocycles. The molecular formula is C15H13BrN2O2S. The van der Waals surface area contributed by atoms with Gasteiger partial charge in [0.25, 0.3) is 0 Å². The Labute approximate surface area is 134 Å². The van der Waals surface area contributed by atoms with E-state index in [-0.39, 0.29) is 0 Å². The summed E-state index contributed by atoms with van der Waals surface area (Å²) in [6, 6.07) is 11.8. The quantitative estimate of drug-likeness (QED) is 0.720. The van der Waals surface area contributed by atoms with Crippen molar-refractivity contribution in [2.75, 3.05) is 19.5 Å². The average Bonchev–Trinajstić information content (AvgIpc) is 2.89. The number of thiazole rings is 1. The largest absolute Gasteiger partial charge is 0.493 e. The SMILES string of the molecule is COc1cc2nc(Nc3ccc(Br)cc3)sc2cc1OC. The van der Waals surface area contributed by atoms with Crippen LogP contribution in [0.2, 0.25) is 0 Å². The van der Waals surface area contributed by atoms with Gasteiger partial charge in [0.15, 0.2) is 16.6 Å². The predicted molar refractivity (Wildman–Crippen MR) is 90.1 cm³/mol. The summed E-state index contributed by atoms with van der Waals surface area (Å²) in [6.45, 7) is 0. The van der Waals surface area contributed by atoms with Crippen LogP contribution in [-0.4, -0.2) is 19.2 Å². The second-order valence-electron chi connectivity index (χ2n) is 4.33. The third kappa shape index (κ3) is 2.96. The molecule has 0 atom stereocenters. The minimum Gasteiger partial charge on any atom is -0.493 e. The lowest BCUT2D eigenvalue weighted by Crippen LogP contribution is -1.90. The fourth-order valence-electron chi connectivity index (χ4n) is 1.97. The highest BCUT2D eigenvalue weighted by Crippen LogP contribution is 2.36. The van der Waals surface area contributed by atoms with Gasteiger partial charge in [-0.1, -0.05) is 27.3 Å². The van der Waals surface area contributed by atoms with Gasteiger partial charge in [0.05, 0.1) is 24.4 Å². The monoisotopic (exact) mass is 364 g/mol. The lowest BCUT2D eigenvalue weighted by molar-refractivity contribution is 0.356. The number of anilines is 2. The van der Waals surface area contributed by atoms with Gasteiger partial charge in [-0.05, 0) is 24.3 Å². The van der Waals surface area contributed by atoms with Gasteiger partial charge in [0.1, 0.15) is 0 Å². The van der Waals surface area contributed by atoms with E-state index in [2.05, 4.69) is 26.2 Å². The summed E-state index contributed by atoms with van der Waals surface area (Å²) in [5.74, 6) is 1.40. The first-order valence-corrected chi connectivity index (χ1v) is 7.85. The molecule has 1 heterocycles. The minimum atomic E-state index is 0.686. The molecule has 108 valence electrons. The lowest BCUT2D eigenvalue weighted by atomic mass is 10.3. The van der Waals surface area contributed by atoms with Crippen molar-refractivity contribution in [3.63, 3.8) is 0 Å². The molecule has 0 saturated heterocycles. The number of hydrogen-bond acceptors (Lipinski definition) is 5. The van der Waals surface area contributed by atoms with Crippen LogP contribution in [0.15, 0.2) is 40.9 Å². The molecule has 0 bridgehead atoms. The molecule has 21 heavy (non-hydrogen) atoms. The van der Waals surface area contributed by atoms with Crippen molar-refractivity contribution >= 4 is 48.3 Å². The van der Waals surface area contributed by atoms with E-state index < -0.39 is 0 Å². The molecule has 0 aliphatic rings. The van der Waals surface area contributed by atoms with Crippen LogP contribution in [0.4, 0.5) is 10.8 Å². The van der Waals surface area contributed by atoms with Crippen molar-refractivity contribution in [1.29, 1.82) is 0 Å². The van der Waals surface area contributed by atoms with Crippen LogP contribution in [0.3, 0.4) is 0 Å². The van der Waals surface area contributed by atoms with E-state index in [1.165, 1.54) is 0 Å². The summed E-state index contributed by atoms with van der Waals surface area (Å²) in [5.41, 5.74) is 1.88. The summed E-state index contributed by atoms with van der Waals surface area (Å²) >= 11 is 5.00. The normalized spacial score (nSPS) is 10.6. The summed E-state index contributed by atoms with van der Waals surface area (Å²) in [6.07, 6.45) is 0. The maximum atomic E-state index is 5.31. The van der Waals surface area contributed by atoms with Crippen LogP contribution in [-0.2, 0) is 0 Å². The Morgan fingerprint density at radius 1 is 1.05 bits per heavy atom. The van der Waals surface area contributed by atoms with Crippen LogP contribution in [0.25, 0.3) is 10.2 Å². The first-order chi connectivity index (χ1) is 10.2. The molecular weight excluding hydrogens is 352 g/mol. The number of fused-ring (bicyclic) bond motifs is 1. The Hall–Kier alpha value is -1.79. The minimum absolute atomic E-state index is 0.686. The number of hydrogen-bond donors (Lipinski definition) is 1. The maximum Gasteiger partial charge on any atom is 0.188 e. The van der Waals surface area contributed by atoms with Crippen LogP contribution in [0.5, 0.6) is 11.5 Å². The molecule has 0 radical (unpaired) electrons. The van der Waals surface area contributed by atoms with Crippen molar-refractivity contribution in [3.8, 4) is 11.5 Å². The summed E-state index contributed by atoms with van der Waals surface area (Å²) in [5, 5.41) is 4.14. The van der Waals surface area contributed by atoms with Crippen molar-refractivity contribution in [3.05, 3.63) is 40.9 Å². The van der Waals surface area contributed by atoms with Gasteiger partial charge in [0, 0.05) is 22.3 Å². The Morgan fingerprint density at radius 2 is 1.71 bits per heavy atom. The van der Waals surface area contributed by atoms with Crippen molar-refractivity contribution in [1.82, 2.24) is 4.98 Å². The van der Waals surface area contributed by atoms with Crippen LogP contribution >= 0.6 is 27.3 Å². The molecule has 0 unspecified atom stereocenters. The molecule has 3 aromatic rings. The molecule has 3 rings (SSSR count). The molecule has 0 amide bonds. The molecule has 2 aromatic carbocycles. The molecule has 6 heteroatoms. The molecule has 0 aliphatic heterocycles. The zero-order chi connectivity index (χ0) is 14.8. The number of ether oxygens (including phenoxy) is 2. The van der Waals surface area contributed by atoms with E-state index in [0.29, 0.717) is 11.5 Å². The van der Waals surface area contributed by atoms with Crippen molar-refractivity contribution in [2.45, 2.75) is 0 Å². The van der Waals surface area contributed by atoms with Gasteiger partial charge in [-0.15, -0.1) is 0 Å². The van der Waals surface area contributed by atoms with Gasteiger partial charge in [-0.2, -0.15) is 0 Å². The number of benzene rings is 2. The summed E-state index contributed by atoms with van der Waals surface area (Å²) in [7, 11) is 3.25. The number of nitrogens with zero attached hydrogens (tertiary/aromatic N) is 1. The molecule has 0 spiro atoms. The lowest BCUT2D eigenvalue weighted by Gasteiger charge is -2.05. The van der Waals surface area contributed by atoms with Crippen LogP contribution in [0.1, 0.15) is 0 Å². The second kappa shape index (κ2) is 5.91. The van der Waals surface area contributed by atoms with E-state index in [1.54, 1.807) is 25.6 Å². The van der Waals surface area contributed by atoms with E-state index in [9.17, 15) is 0 Å². The van der Waals surface area contributed by atoms with Crippen molar-refractivity contribution in [2.24, 2.45) is 0 Å². The summed E-state index contributed by atoms with van der Waals surface area (Å²) < 4.78 is 12.7. The number of methoxy groups -OCH3 is 2. The van der Waals surface area contributed by atoms with Crippen LogP contribution < -0.4 is 14.8 Å². The van der Waals surface area contributed by atoms with Gasteiger partial charge in [0.2, 0.25) is 0 Å². The van der Waals surface area contributed by atoms with E-state index >= 15 is 0 Å². The fraction of sp³-hybridized carbons (Fsp3) is 0.133. The number of rotatable bonds is 4. The predicted octanol–water partition coefficient (Wildman–Crippen LogP) is 4.82. The standard InChI is InChI=1S/C15H13BrN2O2S/c1-19-12-7-11-14(8-13(12)20-2)21-15(18-11)17-10-5-3-9(16)4-6-10/h3-8H,1-2H3,(H,17,18). The van der Waals surface area contributed by atoms with Gasteiger partial charge < -0.3 is 14.8 Å². The highest BCUT2D eigenvalue weighted by molar-refractivity contribution is 9.10. The fourth-order valence-corrected chi connectivity index (χ4v) is 3.13. The zero-order valence-electron chi connectivity index (χ0n) is 11.5. The second-order valence-corrected chi connectivity index (χ2v) is 6.27. The highest BCUT2D eigenvalue weighted by Gasteiger charge is 2.10. The maximum absolute atomic E-state index is 5.31. The Balaban J connectivity index is 1.95. The van der Waals surface area contributed by atoms with Crippen LogP contribution in [0, 0.1) is 0 Å². The zero-order valence-corrected chi connectivity index (χ0v) is 13.9. The van der Waals surface area contributed by atoms with E-state index in [4.69, 9.17) is 9.47 Å². The Kier molecular flexibility index (Phi) is 3.98. The molecule has 4 nitrogen and oxygen atoms in total. The van der Waals surface area contributed by atoms with Gasteiger partial charge in [-0.25, -0.2) is 4.98 Å². The molecule has 0 saturated carbocycles. The number of nitrogens with one attached hydrogen (secondary N) is 1.